The molecular formula is C19H14O2. The Balaban J connectivity index is 1.89. The highest BCUT2D eigenvalue weighted by Gasteiger charge is 2.22. The smallest absolute Gasteiger partial charge is 0.141 e. The van der Waals surface area contributed by atoms with E-state index in [1.165, 1.54) is 0 Å². The van der Waals surface area contributed by atoms with Gasteiger partial charge in [-0.15, -0.1) is 0 Å². The van der Waals surface area contributed by atoms with Crippen molar-refractivity contribution in [3.63, 3.8) is 0 Å². The average Bonchev–Trinajstić information content (AvgIpc) is 2.55. The Kier molecular flexibility index (Phi) is 2.76. The molecule has 102 valence electrons. The number of benzene rings is 3. The third-order valence-electron chi connectivity index (χ3n) is 3.81. The molecule has 3 aromatic carbocycles. The first kappa shape index (κ1) is 12.2. The van der Waals surface area contributed by atoms with Gasteiger partial charge in [-0.2, -0.15) is 0 Å². The molecule has 0 saturated carbocycles. The standard InChI is InChI=1S/C19H14O2/c20-17-12-18(14-7-2-1-3-8-14)21-19-15-9-5-4-6-13(15)10-11-16(17)19/h1-12,17,20H/t17-/m1/s1. The number of fused-ring (bicyclic) bond motifs is 3. The zero-order valence-corrected chi connectivity index (χ0v) is 11.4. The van der Waals surface area contributed by atoms with E-state index in [9.17, 15) is 5.11 Å². The lowest BCUT2D eigenvalue weighted by Crippen LogP contribution is -2.09. The van der Waals surface area contributed by atoms with Gasteiger partial charge in [-0.1, -0.05) is 66.7 Å². The van der Waals surface area contributed by atoms with Crippen LogP contribution in [0, 0.1) is 0 Å². The molecule has 2 nitrogen and oxygen atoms in total. The highest BCUT2D eigenvalue weighted by Crippen LogP contribution is 2.40. The normalized spacial score (nSPS) is 17.0. The van der Waals surface area contributed by atoms with Crippen LogP contribution in [0.5, 0.6) is 5.75 Å². The molecule has 4 rings (SSSR count). The maximum absolute atomic E-state index is 10.4. The molecular weight excluding hydrogens is 260 g/mol. The van der Waals surface area contributed by atoms with E-state index < -0.39 is 6.10 Å². The van der Waals surface area contributed by atoms with Crippen molar-refractivity contribution in [2.45, 2.75) is 6.10 Å². The second-order valence-corrected chi connectivity index (χ2v) is 5.15. The van der Waals surface area contributed by atoms with Gasteiger partial charge < -0.3 is 9.84 Å². The van der Waals surface area contributed by atoms with Crippen LogP contribution in [0.3, 0.4) is 0 Å². The molecule has 1 atom stereocenters. The monoisotopic (exact) mass is 274 g/mol. The SMILES string of the molecule is O[C@@H]1C=C(c2ccccc2)Oc2c1ccc1ccccc21. The molecule has 1 aliphatic heterocycles. The molecule has 21 heavy (non-hydrogen) atoms. The van der Waals surface area contributed by atoms with Crippen molar-refractivity contribution in [2.75, 3.05) is 0 Å². The predicted molar refractivity (Wildman–Crippen MR) is 84.0 cm³/mol. The summed E-state index contributed by atoms with van der Waals surface area (Å²) in [6, 6.07) is 21.9. The van der Waals surface area contributed by atoms with Crippen molar-refractivity contribution in [1.29, 1.82) is 0 Å². The Labute approximate surface area is 122 Å². The molecule has 2 heteroatoms. The van der Waals surface area contributed by atoms with Gasteiger partial charge in [0, 0.05) is 16.5 Å². The summed E-state index contributed by atoms with van der Waals surface area (Å²) in [4.78, 5) is 0. The summed E-state index contributed by atoms with van der Waals surface area (Å²) in [7, 11) is 0. The van der Waals surface area contributed by atoms with Gasteiger partial charge in [-0.3, -0.25) is 0 Å². The molecule has 0 unspecified atom stereocenters. The fourth-order valence-corrected chi connectivity index (χ4v) is 2.74. The van der Waals surface area contributed by atoms with Crippen molar-refractivity contribution in [3.05, 3.63) is 83.9 Å². The van der Waals surface area contributed by atoms with Crippen molar-refractivity contribution >= 4 is 16.5 Å². The molecule has 0 radical (unpaired) electrons. The van der Waals surface area contributed by atoms with Gasteiger partial charge in [0.15, 0.2) is 0 Å². The van der Waals surface area contributed by atoms with Crippen LogP contribution in [0.2, 0.25) is 0 Å². The highest BCUT2D eigenvalue weighted by atomic mass is 16.5. The van der Waals surface area contributed by atoms with Crippen molar-refractivity contribution in [1.82, 2.24) is 0 Å². The van der Waals surface area contributed by atoms with Gasteiger partial charge in [-0.25, -0.2) is 0 Å². The molecule has 0 aromatic heterocycles. The minimum absolute atomic E-state index is 0.645. The van der Waals surface area contributed by atoms with Gasteiger partial charge >= 0.3 is 0 Å². The lowest BCUT2D eigenvalue weighted by atomic mass is 9.98. The van der Waals surface area contributed by atoms with Gasteiger partial charge in [-0.05, 0) is 11.5 Å². The second-order valence-electron chi connectivity index (χ2n) is 5.15. The maximum Gasteiger partial charge on any atom is 0.141 e. The summed E-state index contributed by atoms with van der Waals surface area (Å²) in [6.45, 7) is 0. The van der Waals surface area contributed by atoms with Crippen LogP contribution < -0.4 is 4.74 Å². The lowest BCUT2D eigenvalue weighted by Gasteiger charge is -2.23. The van der Waals surface area contributed by atoms with Crippen LogP contribution in [0.15, 0.2) is 72.8 Å². The topological polar surface area (TPSA) is 29.5 Å². The minimum atomic E-state index is -0.645. The fraction of sp³-hybridized carbons (Fsp3) is 0.0526. The first-order valence-corrected chi connectivity index (χ1v) is 6.98. The van der Waals surface area contributed by atoms with E-state index in [0.29, 0.717) is 5.76 Å². The number of hydrogen-bond donors (Lipinski definition) is 1. The van der Waals surface area contributed by atoms with E-state index in [2.05, 4.69) is 0 Å². The molecule has 3 aromatic rings. The largest absolute Gasteiger partial charge is 0.456 e. The number of rotatable bonds is 1. The Bertz CT molecular complexity index is 835. The molecule has 0 spiro atoms. The molecule has 1 heterocycles. The average molecular weight is 274 g/mol. The summed E-state index contributed by atoms with van der Waals surface area (Å²) in [5.41, 5.74) is 1.78. The molecule has 0 fully saturated rings. The van der Waals surface area contributed by atoms with Crippen molar-refractivity contribution < 1.29 is 9.84 Å². The van der Waals surface area contributed by atoms with Crippen LogP contribution in [0.25, 0.3) is 16.5 Å². The summed E-state index contributed by atoms with van der Waals surface area (Å²) in [5.74, 6) is 1.45. The van der Waals surface area contributed by atoms with Crippen LogP contribution in [-0.2, 0) is 0 Å². The van der Waals surface area contributed by atoms with Gasteiger partial charge in [0.25, 0.3) is 0 Å². The maximum atomic E-state index is 10.4. The highest BCUT2D eigenvalue weighted by molar-refractivity contribution is 5.91. The number of aliphatic hydroxyl groups excluding tert-OH is 1. The van der Waals surface area contributed by atoms with Crippen LogP contribution in [0.1, 0.15) is 17.2 Å². The van der Waals surface area contributed by atoms with Gasteiger partial charge in [0.1, 0.15) is 17.6 Å². The molecule has 0 bridgehead atoms. The first-order valence-electron chi connectivity index (χ1n) is 6.98. The van der Waals surface area contributed by atoms with E-state index in [0.717, 1.165) is 27.6 Å². The molecule has 1 N–H and O–H groups in total. The predicted octanol–water partition coefficient (Wildman–Crippen LogP) is 4.31. The number of ether oxygens (including phenoxy) is 1. The molecule has 0 saturated heterocycles. The van der Waals surface area contributed by atoms with E-state index >= 15 is 0 Å². The molecule has 0 amide bonds. The van der Waals surface area contributed by atoms with E-state index in [1.807, 2.05) is 66.7 Å². The number of hydrogen-bond acceptors (Lipinski definition) is 2. The Morgan fingerprint density at radius 2 is 1.57 bits per heavy atom. The van der Waals surface area contributed by atoms with Crippen molar-refractivity contribution in [3.8, 4) is 5.75 Å². The Morgan fingerprint density at radius 1 is 0.810 bits per heavy atom. The zero-order chi connectivity index (χ0) is 14.2. The van der Waals surface area contributed by atoms with Crippen LogP contribution in [-0.4, -0.2) is 5.11 Å². The second kappa shape index (κ2) is 4.76. The van der Waals surface area contributed by atoms with Gasteiger partial charge in [0.05, 0.1) is 0 Å². The van der Waals surface area contributed by atoms with E-state index in [-0.39, 0.29) is 0 Å². The van der Waals surface area contributed by atoms with Crippen molar-refractivity contribution in [2.24, 2.45) is 0 Å². The summed E-state index contributed by atoms with van der Waals surface area (Å²) < 4.78 is 6.10. The van der Waals surface area contributed by atoms with Gasteiger partial charge in [0.2, 0.25) is 0 Å². The summed E-state index contributed by atoms with van der Waals surface area (Å²) in [5, 5.41) is 12.5. The third-order valence-corrected chi connectivity index (χ3v) is 3.81. The summed E-state index contributed by atoms with van der Waals surface area (Å²) >= 11 is 0. The Hall–Kier alpha value is -2.58. The lowest BCUT2D eigenvalue weighted by molar-refractivity contribution is 0.217. The fourth-order valence-electron chi connectivity index (χ4n) is 2.74. The van der Waals surface area contributed by atoms with E-state index in [4.69, 9.17) is 4.74 Å². The minimum Gasteiger partial charge on any atom is -0.456 e. The number of aliphatic hydroxyl groups is 1. The first-order chi connectivity index (χ1) is 10.3. The van der Waals surface area contributed by atoms with E-state index in [1.54, 1.807) is 6.08 Å². The van der Waals surface area contributed by atoms with Crippen LogP contribution in [0.4, 0.5) is 0 Å². The molecule has 1 aliphatic rings. The quantitative estimate of drug-likeness (QED) is 0.716. The zero-order valence-electron chi connectivity index (χ0n) is 11.4. The Morgan fingerprint density at radius 3 is 2.43 bits per heavy atom. The third kappa shape index (κ3) is 2.01. The summed E-state index contributed by atoms with van der Waals surface area (Å²) in [6.07, 6.45) is 1.11. The van der Waals surface area contributed by atoms with Crippen LogP contribution >= 0.6 is 0 Å². The molecule has 0 aliphatic carbocycles.